The van der Waals surface area contributed by atoms with Crippen molar-refractivity contribution in [1.29, 1.82) is 0 Å². The number of anilines is 1. The van der Waals surface area contributed by atoms with Crippen LogP contribution in [0.5, 0.6) is 0 Å². The standard InChI is InChI=1S/C11H11ClN2OS/c1-6-8(12)4-3-5-9(6)14-10(15)7(2)13-11(14)16/h3-5,7H,1-2H3,(H,13,16). The second kappa shape index (κ2) is 4.03. The van der Waals surface area contributed by atoms with Gasteiger partial charge in [-0.2, -0.15) is 0 Å². The van der Waals surface area contributed by atoms with Crippen molar-refractivity contribution in [2.24, 2.45) is 0 Å². The summed E-state index contributed by atoms with van der Waals surface area (Å²) in [6, 6.07) is 5.17. The van der Waals surface area contributed by atoms with Gasteiger partial charge in [0.15, 0.2) is 5.11 Å². The van der Waals surface area contributed by atoms with Crippen LogP contribution in [0.2, 0.25) is 5.02 Å². The number of benzene rings is 1. The molecule has 1 unspecified atom stereocenters. The molecule has 5 heteroatoms. The van der Waals surface area contributed by atoms with Crippen LogP contribution < -0.4 is 10.2 Å². The van der Waals surface area contributed by atoms with Crippen molar-refractivity contribution in [3.63, 3.8) is 0 Å². The van der Waals surface area contributed by atoms with Gasteiger partial charge in [-0.1, -0.05) is 17.7 Å². The van der Waals surface area contributed by atoms with Crippen LogP contribution in [0.4, 0.5) is 5.69 Å². The van der Waals surface area contributed by atoms with Gasteiger partial charge in [0.1, 0.15) is 6.04 Å². The van der Waals surface area contributed by atoms with Crippen molar-refractivity contribution < 1.29 is 4.79 Å². The van der Waals surface area contributed by atoms with Gasteiger partial charge in [0.05, 0.1) is 5.69 Å². The molecule has 1 aliphatic heterocycles. The third kappa shape index (κ3) is 1.68. The van der Waals surface area contributed by atoms with Crippen LogP contribution in [-0.4, -0.2) is 17.1 Å². The Kier molecular flexibility index (Phi) is 2.86. The maximum atomic E-state index is 11.9. The lowest BCUT2D eigenvalue weighted by Crippen LogP contribution is -2.31. The Morgan fingerprint density at radius 3 is 2.75 bits per heavy atom. The minimum atomic E-state index is -0.272. The number of halogens is 1. The predicted molar refractivity (Wildman–Crippen MR) is 68.9 cm³/mol. The Balaban J connectivity index is 2.49. The van der Waals surface area contributed by atoms with Crippen molar-refractivity contribution in [1.82, 2.24) is 5.32 Å². The first-order chi connectivity index (χ1) is 7.52. The van der Waals surface area contributed by atoms with E-state index < -0.39 is 0 Å². The highest BCUT2D eigenvalue weighted by Gasteiger charge is 2.34. The number of amides is 1. The molecular formula is C11H11ClN2OS. The van der Waals surface area contributed by atoms with Gasteiger partial charge in [-0.25, -0.2) is 0 Å². The summed E-state index contributed by atoms with van der Waals surface area (Å²) < 4.78 is 0. The van der Waals surface area contributed by atoms with Crippen LogP contribution in [-0.2, 0) is 4.79 Å². The van der Waals surface area contributed by atoms with E-state index in [4.69, 9.17) is 23.8 Å². The number of hydrogen-bond acceptors (Lipinski definition) is 2. The first-order valence-electron chi connectivity index (χ1n) is 4.92. The van der Waals surface area contributed by atoms with Crippen LogP contribution in [0.3, 0.4) is 0 Å². The molecule has 1 amide bonds. The zero-order chi connectivity index (χ0) is 11.9. The number of nitrogens with zero attached hydrogens (tertiary/aromatic N) is 1. The van der Waals surface area contributed by atoms with Gasteiger partial charge in [0.25, 0.3) is 5.91 Å². The van der Waals surface area contributed by atoms with Gasteiger partial charge >= 0.3 is 0 Å². The van der Waals surface area contributed by atoms with Crippen LogP contribution in [0.1, 0.15) is 12.5 Å². The van der Waals surface area contributed by atoms with Gasteiger partial charge in [0, 0.05) is 5.02 Å². The molecule has 0 radical (unpaired) electrons. The minimum absolute atomic E-state index is 0.0460. The van der Waals surface area contributed by atoms with E-state index in [-0.39, 0.29) is 11.9 Å². The molecular weight excluding hydrogens is 244 g/mol. The van der Waals surface area contributed by atoms with E-state index in [2.05, 4.69) is 5.32 Å². The summed E-state index contributed by atoms with van der Waals surface area (Å²) in [5, 5.41) is 3.99. The summed E-state index contributed by atoms with van der Waals surface area (Å²) in [6.07, 6.45) is 0. The number of nitrogens with one attached hydrogen (secondary N) is 1. The molecule has 0 aromatic heterocycles. The number of rotatable bonds is 1. The maximum Gasteiger partial charge on any atom is 0.255 e. The summed E-state index contributed by atoms with van der Waals surface area (Å²) >= 11 is 11.2. The van der Waals surface area contributed by atoms with Gasteiger partial charge in [-0.3, -0.25) is 9.69 Å². The molecule has 1 aromatic rings. The summed E-state index contributed by atoms with van der Waals surface area (Å²) in [5.41, 5.74) is 1.61. The Bertz CT molecular complexity index is 475. The third-order valence-corrected chi connectivity index (χ3v) is 3.32. The molecule has 1 fully saturated rings. The van der Waals surface area contributed by atoms with E-state index in [1.54, 1.807) is 13.0 Å². The maximum absolute atomic E-state index is 11.9. The Hall–Kier alpha value is -1.13. The lowest BCUT2D eigenvalue weighted by Gasteiger charge is -2.17. The molecule has 0 spiro atoms. The van der Waals surface area contributed by atoms with Gasteiger partial charge < -0.3 is 5.32 Å². The van der Waals surface area contributed by atoms with Gasteiger partial charge in [0.2, 0.25) is 0 Å². The fourth-order valence-corrected chi connectivity index (χ4v) is 2.21. The number of carbonyl (C=O) groups is 1. The summed E-state index contributed by atoms with van der Waals surface area (Å²) in [7, 11) is 0. The van der Waals surface area contributed by atoms with Crippen LogP contribution in [0.25, 0.3) is 0 Å². The lowest BCUT2D eigenvalue weighted by molar-refractivity contribution is -0.117. The molecule has 1 atom stereocenters. The fraction of sp³-hybridized carbons (Fsp3) is 0.273. The van der Waals surface area contributed by atoms with Crippen LogP contribution in [0, 0.1) is 6.92 Å². The predicted octanol–water partition coefficient (Wildman–Crippen LogP) is 2.26. The Labute approximate surface area is 104 Å². The van der Waals surface area contributed by atoms with Crippen molar-refractivity contribution in [3.8, 4) is 0 Å². The normalized spacial score (nSPS) is 20.2. The van der Waals surface area contributed by atoms with Crippen LogP contribution >= 0.6 is 23.8 Å². The molecule has 0 aliphatic carbocycles. The van der Waals surface area contributed by atoms with Gasteiger partial charge in [-0.05, 0) is 43.8 Å². The van der Waals surface area contributed by atoms with Crippen molar-refractivity contribution in [3.05, 3.63) is 28.8 Å². The summed E-state index contributed by atoms with van der Waals surface area (Å²) in [4.78, 5) is 13.4. The molecule has 1 aromatic carbocycles. The molecule has 1 saturated heterocycles. The molecule has 3 nitrogen and oxygen atoms in total. The second-order valence-corrected chi connectivity index (χ2v) is 4.52. The Morgan fingerprint density at radius 2 is 2.19 bits per heavy atom. The molecule has 0 bridgehead atoms. The van der Waals surface area contributed by atoms with E-state index in [0.29, 0.717) is 10.1 Å². The number of carbonyl (C=O) groups excluding carboxylic acids is 1. The highest BCUT2D eigenvalue weighted by molar-refractivity contribution is 7.80. The van der Waals surface area contributed by atoms with E-state index >= 15 is 0 Å². The van der Waals surface area contributed by atoms with Crippen molar-refractivity contribution in [2.45, 2.75) is 19.9 Å². The average molecular weight is 255 g/mol. The molecule has 0 saturated carbocycles. The highest BCUT2D eigenvalue weighted by atomic mass is 35.5. The summed E-state index contributed by atoms with van der Waals surface area (Å²) in [6.45, 7) is 3.66. The molecule has 1 N–H and O–H groups in total. The number of hydrogen-bond donors (Lipinski definition) is 1. The third-order valence-electron chi connectivity index (χ3n) is 2.61. The molecule has 1 aliphatic rings. The minimum Gasteiger partial charge on any atom is -0.350 e. The smallest absolute Gasteiger partial charge is 0.255 e. The zero-order valence-corrected chi connectivity index (χ0v) is 10.5. The monoisotopic (exact) mass is 254 g/mol. The average Bonchev–Trinajstić information content (AvgIpc) is 2.47. The molecule has 2 rings (SSSR count). The second-order valence-electron chi connectivity index (χ2n) is 3.73. The number of thiocarbonyl (C=S) groups is 1. The van der Waals surface area contributed by atoms with E-state index in [1.807, 2.05) is 19.1 Å². The largest absolute Gasteiger partial charge is 0.350 e. The molecule has 16 heavy (non-hydrogen) atoms. The van der Waals surface area contributed by atoms with Crippen molar-refractivity contribution >= 4 is 40.5 Å². The van der Waals surface area contributed by atoms with Crippen LogP contribution in [0.15, 0.2) is 18.2 Å². The molecule has 1 heterocycles. The van der Waals surface area contributed by atoms with E-state index in [9.17, 15) is 4.79 Å². The first-order valence-corrected chi connectivity index (χ1v) is 5.70. The zero-order valence-electron chi connectivity index (χ0n) is 8.95. The first kappa shape index (κ1) is 11.4. The van der Waals surface area contributed by atoms with Crippen molar-refractivity contribution in [2.75, 3.05) is 4.90 Å². The quantitative estimate of drug-likeness (QED) is 0.781. The Morgan fingerprint density at radius 1 is 1.50 bits per heavy atom. The fourth-order valence-electron chi connectivity index (χ4n) is 1.67. The summed E-state index contributed by atoms with van der Waals surface area (Å²) in [5.74, 6) is -0.0460. The highest BCUT2D eigenvalue weighted by Crippen LogP contribution is 2.28. The lowest BCUT2D eigenvalue weighted by atomic mass is 10.2. The topological polar surface area (TPSA) is 32.3 Å². The SMILES string of the molecule is Cc1c(Cl)cccc1N1C(=O)C(C)NC1=S. The van der Waals surface area contributed by atoms with E-state index in [0.717, 1.165) is 11.3 Å². The van der Waals surface area contributed by atoms with Gasteiger partial charge in [-0.15, -0.1) is 0 Å². The molecule has 84 valence electrons. The van der Waals surface area contributed by atoms with E-state index in [1.165, 1.54) is 4.90 Å².